The maximum Gasteiger partial charge on any atom is 0.251 e. The first kappa shape index (κ1) is 14.3. The van der Waals surface area contributed by atoms with Crippen molar-refractivity contribution in [1.82, 2.24) is 9.97 Å². The van der Waals surface area contributed by atoms with E-state index in [2.05, 4.69) is 16.9 Å². The van der Waals surface area contributed by atoms with E-state index >= 15 is 0 Å². The fourth-order valence-corrected chi connectivity index (χ4v) is 1.84. The molecule has 2 rings (SSSR count). The second-order valence-corrected chi connectivity index (χ2v) is 4.70. The van der Waals surface area contributed by atoms with Gasteiger partial charge in [0.05, 0.1) is 5.69 Å². The number of aromatic amines is 1. The number of nitrogens with one attached hydrogen (secondary N) is 1. The van der Waals surface area contributed by atoms with Crippen LogP contribution >= 0.6 is 0 Å². The Morgan fingerprint density at radius 1 is 1.40 bits per heavy atom. The summed E-state index contributed by atoms with van der Waals surface area (Å²) in [6.07, 6.45) is 0.951. The highest BCUT2D eigenvalue weighted by atomic mass is 16.5. The van der Waals surface area contributed by atoms with Crippen LogP contribution in [0.2, 0.25) is 0 Å². The monoisotopic (exact) mass is 273 g/mol. The molecule has 1 aromatic heterocycles. The summed E-state index contributed by atoms with van der Waals surface area (Å²) in [4.78, 5) is 18.5. The molecular weight excluding hydrogens is 254 g/mol. The molecule has 0 saturated carbocycles. The molecule has 0 fully saturated rings. The molecule has 0 aliphatic heterocycles. The van der Waals surface area contributed by atoms with Crippen molar-refractivity contribution in [3.8, 4) is 5.75 Å². The van der Waals surface area contributed by atoms with Gasteiger partial charge in [-0.3, -0.25) is 4.79 Å². The van der Waals surface area contributed by atoms with E-state index in [4.69, 9.17) is 10.5 Å². The number of ether oxygens (including phenoxy) is 1. The number of nitrogens with two attached hydrogens (primary N) is 1. The highest BCUT2D eigenvalue weighted by Gasteiger charge is 2.06. The number of H-pyrrole nitrogens is 1. The average molecular weight is 273 g/mol. The van der Waals surface area contributed by atoms with Gasteiger partial charge in [0.25, 0.3) is 5.56 Å². The van der Waals surface area contributed by atoms with Crippen molar-refractivity contribution in [3.05, 3.63) is 57.8 Å². The molecule has 106 valence electrons. The van der Waals surface area contributed by atoms with Crippen LogP contribution in [0.5, 0.6) is 5.75 Å². The third-order valence-electron chi connectivity index (χ3n) is 2.96. The minimum Gasteiger partial charge on any atom is -0.486 e. The number of aromatic nitrogens is 2. The van der Waals surface area contributed by atoms with Crippen LogP contribution in [-0.4, -0.2) is 9.97 Å². The predicted octanol–water partition coefficient (Wildman–Crippen LogP) is 1.93. The lowest BCUT2D eigenvalue weighted by molar-refractivity contribution is 0.294. The first-order chi connectivity index (χ1) is 9.58. The van der Waals surface area contributed by atoms with Crippen molar-refractivity contribution < 1.29 is 4.74 Å². The number of hydrogen-bond acceptors (Lipinski definition) is 4. The van der Waals surface area contributed by atoms with Crippen molar-refractivity contribution in [2.45, 2.75) is 32.9 Å². The molecule has 5 heteroatoms. The quantitative estimate of drug-likeness (QED) is 0.872. The summed E-state index contributed by atoms with van der Waals surface area (Å²) in [5.41, 5.74) is 7.29. The van der Waals surface area contributed by atoms with Gasteiger partial charge in [-0.25, -0.2) is 4.98 Å². The van der Waals surface area contributed by atoms with Gasteiger partial charge in [-0.05, 0) is 31.0 Å². The molecule has 1 aromatic carbocycles. The van der Waals surface area contributed by atoms with Crippen LogP contribution in [0.3, 0.4) is 0 Å². The van der Waals surface area contributed by atoms with E-state index in [1.807, 2.05) is 24.3 Å². The zero-order valence-corrected chi connectivity index (χ0v) is 11.7. The minimum atomic E-state index is -0.278. The molecule has 0 aliphatic rings. The maximum absolute atomic E-state index is 11.5. The van der Waals surface area contributed by atoms with Crippen molar-refractivity contribution >= 4 is 0 Å². The minimum absolute atomic E-state index is 0.211. The fraction of sp³-hybridized carbons (Fsp3) is 0.333. The molecule has 2 aromatic rings. The van der Waals surface area contributed by atoms with Gasteiger partial charge in [0, 0.05) is 12.1 Å². The summed E-state index contributed by atoms with van der Waals surface area (Å²) in [7, 11) is 0. The van der Waals surface area contributed by atoms with Crippen LogP contribution in [0.1, 0.15) is 37.0 Å². The van der Waals surface area contributed by atoms with E-state index in [0.29, 0.717) is 11.5 Å². The summed E-state index contributed by atoms with van der Waals surface area (Å²) in [6, 6.07) is 8.98. The van der Waals surface area contributed by atoms with Gasteiger partial charge in [0.1, 0.15) is 18.2 Å². The van der Waals surface area contributed by atoms with Crippen LogP contribution < -0.4 is 16.0 Å². The van der Waals surface area contributed by atoms with E-state index in [1.54, 1.807) is 6.92 Å². The summed E-state index contributed by atoms with van der Waals surface area (Å²) in [6.45, 7) is 4.09. The standard InChI is InChI=1S/C15H19N3O2/c1-3-11-5-4-6-12(7-11)20-9-14-17-13(10(2)16)8-15(19)18-14/h4-8,10H,3,9,16H2,1-2H3,(H,17,18,19). The molecular formula is C15H19N3O2. The molecule has 0 saturated heterocycles. The number of rotatable bonds is 5. The highest BCUT2D eigenvalue weighted by Crippen LogP contribution is 2.14. The third-order valence-corrected chi connectivity index (χ3v) is 2.96. The van der Waals surface area contributed by atoms with Gasteiger partial charge in [-0.15, -0.1) is 0 Å². The second-order valence-electron chi connectivity index (χ2n) is 4.70. The molecule has 0 radical (unpaired) electrons. The van der Waals surface area contributed by atoms with Crippen LogP contribution in [-0.2, 0) is 13.0 Å². The van der Waals surface area contributed by atoms with E-state index in [9.17, 15) is 4.79 Å². The van der Waals surface area contributed by atoms with Crippen LogP contribution in [0.4, 0.5) is 0 Å². The molecule has 1 heterocycles. The third kappa shape index (κ3) is 3.68. The molecule has 1 atom stereocenters. The Hall–Kier alpha value is -2.14. The lowest BCUT2D eigenvalue weighted by Gasteiger charge is -2.09. The predicted molar refractivity (Wildman–Crippen MR) is 77.6 cm³/mol. The van der Waals surface area contributed by atoms with Crippen molar-refractivity contribution in [3.63, 3.8) is 0 Å². The lowest BCUT2D eigenvalue weighted by atomic mass is 10.2. The average Bonchev–Trinajstić information content (AvgIpc) is 2.44. The summed E-state index contributed by atoms with van der Waals surface area (Å²) >= 11 is 0. The highest BCUT2D eigenvalue weighted by molar-refractivity contribution is 5.28. The van der Waals surface area contributed by atoms with Gasteiger partial charge < -0.3 is 15.5 Å². The first-order valence-electron chi connectivity index (χ1n) is 6.66. The topological polar surface area (TPSA) is 81.0 Å². The smallest absolute Gasteiger partial charge is 0.251 e. The van der Waals surface area contributed by atoms with Crippen molar-refractivity contribution in [1.29, 1.82) is 0 Å². The molecule has 5 nitrogen and oxygen atoms in total. The normalized spacial score (nSPS) is 12.2. The molecule has 1 unspecified atom stereocenters. The molecule has 3 N–H and O–H groups in total. The van der Waals surface area contributed by atoms with Crippen molar-refractivity contribution in [2.75, 3.05) is 0 Å². The number of hydrogen-bond donors (Lipinski definition) is 2. The van der Waals surface area contributed by atoms with E-state index in [1.165, 1.54) is 11.6 Å². The Labute approximate surface area is 117 Å². The number of nitrogens with zero attached hydrogens (tertiary/aromatic N) is 1. The fourth-order valence-electron chi connectivity index (χ4n) is 1.84. The van der Waals surface area contributed by atoms with E-state index in [-0.39, 0.29) is 18.2 Å². The van der Waals surface area contributed by atoms with Gasteiger partial charge >= 0.3 is 0 Å². The Morgan fingerprint density at radius 2 is 2.20 bits per heavy atom. The van der Waals surface area contributed by atoms with Gasteiger partial charge in [-0.2, -0.15) is 0 Å². The summed E-state index contributed by atoms with van der Waals surface area (Å²) in [5.74, 6) is 1.24. The van der Waals surface area contributed by atoms with Gasteiger partial charge in [-0.1, -0.05) is 19.1 Å². The largest absolute Gasteiger partial charge is 0.486 e. The zero-order chi connectivity index (χ0) is 14.5. The Bertz CT molecular complexity index is 635. The van der Waals surface area contributed by atoms with Gasteiger partial charge in [0.15, 0.2) is 0 Å². The summed E-state index contributed by atoms with van der Waals surface area (Å²) in [5, 5.41) is 0. The molecule has 0 spiro atoms. The Balaban J connectivity index is 2.12. The van der Waals surface area contributed by atoms with Gasteiger partial charge in [0.2, 0.25) is 0 Å². The first-order valence-corrected chi connectivity index (χ1v) is 6.66. The lowest BCUT2D eigenvalue weighted by Crippen LogP contribution is -2.18. The second kappa shape index (κ2) is 6.34. The van der Waals surface area contributed by atoms with Crippen LogP contribution in [0.15, 0.2) is 35.1 Å². The van der Waals surface area contributed by atoms with E-state index in [0.717, 1.165) is 12.2 Å². The molecule has 0 bridgehead atoms. The summed E-state index contributed by atoms with van der Waals surface area (Å²) < 4.78 is 5.65. The molecule has 0 aliphatic carbocycles. The number of aryl methyl sites for hydroxylation is 1. The SMILES string of the molecule is CCc1cccc(OCc2nc(C(C)N)cc(=O)[nH]2)c1. The van der Waals surface area contributed by atoms with Crippen LogP contribution in [0.25, 0.3) is 0 Å². The Kier molecular flexibility index (Phi) is 4.53. The van der Waals surface area contributed by atoms with Crippen LogP contribution in [0, 0.1) is 0 Å². The maximum atomic E-state index is 11.5. The Morgan fingerprint density at radius 3 is 2.90 bits per heavy atom. The van der Waals surface area contributed by atoms with Crippen molar-refractivity contribution in [2.24, 2.45) is 5.73 Å². The van der Waals surface area contributed by atoms with E-state index < -0.39 is 0 Å². The zero-order valence-electron chi connectivity index (χ0n) is 11.7. The molecule has 20 heavy (non-hydrogen) atoms. The number of benzene rings is 1. The molecule has 0 amide bonds.